The molecule has 4 nitrogen and oxygen atoms in total. The van der Waals surface area contributed by atoms with Crippen molar-refractivity contribution in [2.24, 2.45) is 0 Å². The lowest BCUT2D eigenvalue weighted by Crippen LogP contribution is -2.30. The van der Waals surface area contributed by atoms with Gasteiger partial charge in [0.25, 0.3) is 10.8 Å². The quantitative estimate of drug-likeness (QED) is 0.497. The average molecular weight is 181 g/mol. The fourth-order valence-corrected chi connectivity index (χ4v) is 0.385. The molecular weight excluding hydrogens is 172 g/mol. The minimum Gasteiger partial charge on any atom is -0.412 e. The highest BCUT2D eigenvalue weighted by Crippen LogP contribution is 1.79. The summed E-state index contributed by atoms with van der Waals surface area (Å²) in [6, 6.07) is 12.0. The van der Waals surface area contributed by atoms with Crippen LogP contribution in [0.2, 0.25) is 0 Å². The van der Waals surface area contributed by atoms with E-state index in [1.54, 1.807) is 0 Å². The minimum absolute atomic E-state index is 0. The van der Waals surface area contributed by atoms with Gasteiger partial charge in [-0.05, 0) is 0 Å². The third-order valence-corrected chi connectivity index (χ3v) is 0.667. The van der Waals surface area contributed by atoms with Crippen LogP contribution in [0.3, 0.4) is 0 Å². The van der Waals surface area contributed by atoms with E-state index in [1.165, 1.54) is 0 Å². The van der Waals surface area contributed by atoms with Crippen molar-refractivity contribution in [3.8, 4) is 0 Å². The Morgan fingerprint density at radius 3 is 1.00 bits per heavy atom. The maximum Gasteiger partial charge on any atom is 0.282 e. The van der Waals surface area contributed by atoms with Gasteiger partial charge in [0.1, 0.15) is 0 Å². The van der Waals surface area contributed by atoms with E-state index < -0.39 is 10.8 Å². The zero-order chi connectivity index (χ0) is 7.82. The smallest absolute Gasteiger partial charge is 0.282 e. The second kappa shape index (κ2) is 9.35. The van der Waals surface area contributed by atoms with Gasteiger partial charge >= 0.3 is 0 Å². The molecule has 3 N–H and O–H groups in total. The fourth-order valence-electron chi connectivity index (χ4n) is 0.385. The normalized spacial score (nSPS) is 7.64. The Kier molecular flexibility index (Phi) is 11.0. The topological polar surface area (TPSA) is 97.9 Å². The largest absolute Gasteiger partial charge is 0.412 e. The molecule has 0 heterocycles. The van der Waals surface area contributed by atoms with Crippen LogP contribution in [0.5, 0.6) is 0 Å². The molecule has 0 aromatic heterocycles. The second-order valence-electron chi connectivity index (χ2n) is 1.36. The molecule has 0 fully saturated rings. The van der Waals surface area contributed by atoms with E-state index in [2.05, 4.69) is 0 Å². The molecule has 11 heavy (non-hydrogen) atoms. The molecule has 0 unspecified atom stereocenters. The number of hydrogen-bond acceptors (Lipinski definition) is 3. The summed E-state index contributed by atoms with van der Waals surface area (Å²) < 4.78 is 24.0. The summed E-state index contributed by atoms with van der Waals surface area (Å²) in [5.74, 6) is 0. The molecule has 1 aromatic rings. The number of halogens is 1. The van der Waals surface area contributed by atoms with Crippen LogP contribution in [0.1, 0.15) is 0 Å². The van der Waals surface area contributed by atoms with Crippen LogP contribution < -0.4 is 9.32 Å². The van der Waals surface area contributed by atoms with Gasteiger partial charge in [0.05, 0.1) is 0 Å². The SMILES string of the molecule is O.[O-][Cl+2]([O-])O.c1ccccc1. The molecule has 0 spiro atoms. The first-order valence-corrected chi connectivity index (χ1v) is 3.43. The molecule has 0 saturated heterocycles. The Labute approximate surface area is 67.4 Å². The summed E-state index contributed by atoms with van der Waals surface area (Å²) in [4.78, 5) is 0. The van der Waals surface area contributed by atoms with Crippen LogP contribution in [0.15, 0.2) is 36.4 Å². The van der Waals surface area contributed by atoms with Crippen molar-refractivity contribution >= 4 is 0 Å². The van der Waals surface area contributed by atoms with Crippen molar-refractivity contribution < 1.29 is 30.2 Å². The molecule has 64 valence electrons. The van der Waals surface area contributed by atoms with Crippen molar-refractivity contribution in [1.82, 2.24) is 0 Å². The van der Waals surface area contributed by atoms with Gasteiger partial charge in [-0.1, -0.05) is 36.4 Å². The van der Waals surface area contributed by atoms with Gasteiger partial charge < -0.3 is 14.8 Å². The Morgan fingerprint density at radius 1 is 0.818 bits per heavy atom. The Bertz CT molecular complexity index is 115. The zero-order valence-corrected chi connectivity index (χ0v) is 6.36. The molecule has 1 aromatic carbocycles. The van der Waals surface area contributed by atoms with Crippen molar-refractivity contribution in [3.63, 3.8) is 0 Å². The highest BCUT2D eigenvalue weighted by Gasteiger charge is 1.79. The zero-order valence-electron chi connectivity index (χ0n) is 5.61. The van der Waals surface area contributed by atoms with E-state index >= 15 is 0 Å². The van der Waals surface area contributed by atoms with E-state index in [0.29, 0.717) is 0 Å². The highest BCUT2D eigenvalue weighted by atomic mass is 35.6. The lowest BCUT2D eigenvalue weighted by Gasteiger charge is -1.72. The van der Waals surface area contributed by atoms with Gasteiger partial charge in [-0.25, -0.2) is 0 Å². The monoisotopic (exact) mass is 180 g/mol. The summed E-state index contributed by atoms with van der Waals surface area (Å²) in [6.07, 6.45) is 0. The molecule has 0 atom stereocenters. The maximum atomic E-state index is 8.52. The van der Waals surface area contributed by atoms with Crippen LogP contribution in [-0.4, -0.2) is 10.1 Å². The lowest BCUT2D eigenvalue weighted by atomic mass is 10.4. The minimum atomic E-state index is -2.60. The maximum absolute atomic E-state index is 8.52. The van der Waals surface area contributed by atoms with Crippen molar-refractivity contribution in [3.05, 3.63) is 36.4 Å². The summed E-state index contributed by atoms with van der Waals surface area (Å²) in [7, 11) is -2.60. The molecule has 1 rings (SSSR count). The Morgan fingerprint density at radius 2 is 0.909 bits per heavy atom. The number of hydrogen-bond donors (Lipinski definition) is 1. The Hall–Kier alpha value is -0.650. The first-order chi connectivity index (χ1) is 4.73. The Balaban J connectivity index is 0. The van der Waals surface area contributed by atoms with Gasteiger partial charge in [-0.2, -0.15) is 0 Å². The van der Waals surface area contributed by atoms with Crippen molar-refractivity contribution in [2.45, 2.75) is 0 Å². The third kappa shape index (κ3) is 17.6. The molecule has 0 saturated carbocycles. The molecule has 0 radical (unpaired) electrons. The standard InChI is InChI=1S/C6H6.ClHO3.H2O/c1-2-4-6-5-3-1;2-1(3)4;/h1-6H;2H;1H2. The summed E-state index contributed by atoms with van der Waals surface area (Å²) in [5.41, 5.74) is 0. The van der Waals surface area contributed by atoms with Gasteiger partial charge in [-0.3, -0.25) is 0 Å². The van der Waals surface area contributed by atoms with E-state index in [1.807, 2.05) is 36.4 Å². The van der Waals surface area contributed by atoms with Gasteiger partial charge in [0.15, 0.2) is 0 Å². The molecular formula is C6H9ClO4. The van der Waals surface area contributed by atoms with Crippen LogP contribution in [0.25, 0.3) is 0 Å². The number of benzene rings is 1. The fraction of sp³-hybridized carbons (Fsp3) is 0. The third-order valence-electron chi connectivity index (χ3n) is 0.667. The molecule has 0 aliphatic rings. The van der Waals surface area contributed by atoms with Crippen LogP contribution in [0, 0.1) is 10.8 Å². The molecule has 5 heteroatoms. The van der Waals surface area contributed by atoms with E-state index in [9.17, 15) is 0 Å². The molecule has 0 bridgehead atoms. The summed E-state index contributed by atoms with van der Waals surface area (Å²) in [6.45, 7) is 0. The molecule has 0 aliphatic heterocycles. The van der Waals surface area contributed by atoms with E-state index in [-0.39, 0.29) is 5.48 Å². The number of rotatable bonds is 0. The average Bonchev–Trinajstić information content (AvgIpc) is 1.90. The molecule has 0 amide bonds. The second-order valence-corrected chi connectivity index (χ2v) is 1.76. The van der Waals surface area contributed by atoms with Crippen molar-refractivity contribution in [2.75, 3.05) is 0 Å². The first-order valence-electron chi connectivity index (χ1n) is 2.48. The van der Waals surface area contributed by atoms with Gasteiger partial charge in [0, 0.05) is 4.66 Å². The van der Waals surface area contributed by atoms with Gasteiger partial charge in [0.2, 0.25) is 0 Å². The van der Waals surface area contributed by atoms with Crippen molar-refractivity contribution in [1.29, 1.82) is 0 Å². The van der Waals surface area contributed by atoms with Gasteiger partial charge in [-0.15, -0.1) is 0 Å². The lowest BCUT2D eigenvalue weighted by molar-refractivity contribution is -1.63. The predicted molar refractivity (Wildman–Crippen MR) is 32.3 cm³/mol. The first kappa shape index (κ1) is 13.0. The summed E-state index contributed by atoms with van der Waals surface area (Å²) in [5, 5.41) is 0. The van der Waals surface area contributed by atoms with E-state index in [0.717, 1.165) is 0 Å². The highest BCUT2D eigenvalue weighted by molar-refractivity contribution is 4.99. The van der Waals surface area contributed by atoms with Crippen LogP contribution in [0.4, 0.5) is 0 Å². The summed E-state index contributed by atoms with van der Waals surface area (Å²) >= 11 is 0. The predicted octanol–water partition coefficient (Wildman–Crippen LogP) is -2.07. The molecule has 0 aliphatic carbocycles. The van der Waals surface area contributed by atoms with Crippen LogP contribution >= 0.6 is 0 Å². The van der Waals surface area contributed by atoms with Crippen LogP contribution in [-0.2, 0) is 0 Å². The van der Waals surface area contributed by atoms with E-state index in [4.69, 9.17) is 14.0 Å².